The van der Waals surface area contributed by atoms with Crippen molar-refractivity contribution in [2.45, 2.75) is 64.8 Å². The van der Waals surface area contributed by atoms with Crippen LogP contribution in [0.25, 0.3) is 0 Å². The Morgan fingerprint density at radius 1 is 1.32 bits per heavy atom. The Labute approximate surface area is 130 Å². The molecular formula is C17H24N2O3. The molecule has 1 aromatic rings. The summed E-state index contributed by atoms with van der Waals surface area (Å²) >= 11 is 0. The van der Waals surface area contributed by atoms with Crippen LogP contribution in [0.5, 0.6) is 0 Å². The number of hydrogen-bond acceptors (Lipinski definition) is 3. The average Bonchev–Trinajstić information content (AvgIpc) is 2.47. The molecule has 120 valence electrons. The van der Waals surface area contributed by atoms with E-state index >= 15 is 0 Å². The third-order valence-electron chi connectivity index (χ3n) is 4.12. The maximum absolute atomic E-state index is 12.3. The number of pyridine rings is 1. The first kappa shape index (κ1) is 16.5. The second-order valence-electron chi connectivity index (χ2n) is 6.05. The topological polar surface area (TPSA) is 79.0 Å². The molecule has 5 heteroatoms. The lowest BCUT2D eigenvalue weighted by molar-refractivity contribution is 0.0936. The number of unbranched alkanes of at least 4 members (excludes halogenated alkanes) is 2. The number of hydrogen-bond donors (Lipinski definition) is 2. The summed E-state index contributed by atoms with van der Waals surface area (Å²) in [6, 6.07) is 1.48. The molecule has 1 atom stereocenters. The second kappa shape index (κ2) is 7.38. The van der Waals surface area contributed by atoms with Crippen LogP contribution >= 0.6 is 0 Å². The van der Waals surface area contributed by atoms with Gasteiger partial charge in [0.25, 0.3) is 11.5 Å². The largest absolute Gasteiger partial charge is 0.349 e. The summed E-state index contributed by atoms with van der Waals surface area (Å²) in [5.41, 5.74) is 0.784. The summed E-state index contributed by atoms with van der Waals surface area (Å²) in [6.45, 7) is 4.07. The van der Waals surface area contributed by atoms with Crippen molar-refractivity contribution in [1.82, 2.24) is 10.3 Å². The third-order valence-corrected chi connectivity index (χ3v) is 4.12. The van der Waals surface area contributed by atoms with E-state index in [2.05, 4.69) is 17.2 Å². The fourth-order valence-electron chi connectivity index (χ4n) is 2.82. The van der Waals surface area contributed by atoms with Crippen molar-refractivity contribution >= 4 is 11.7 Å². The van der Waals surface area contributed by atoms with Gasteiger partial charge in [-0.05, 0) is 32.3 Å². The molecule has 0 radical (unpaired) electrons. The highest BCUT2D eigenvalue weighted by Gasteiger charge is 2.22. The molecule has 0 bridgehead atoms. The quantitative estimate of drug-likeness (QED) is 0.793. The van der Waals surface area contributed by atoms with Gasteiger partial charge in [-0.25, -0.2) is 0 Å². The highest BCUT2D eigenvalue weighted by atomic mass is 16.2. The van der Waals surface area contributed by atoms with Crippen LogP contribution in [0.4, 0.5) is 0 Å². The van der Waals surface area contributed by atoms with E-state index in [0.29, 0.717) is 24.1 Å². The molecule has 0 aromatic carbocycles. The number of carbonyl (C=O) groups excluding carboxylic acids is 2. The van der Waals surface area contributed by atoms with Gasteiger partial charge in [0, 0.05) is 23.7 Å². The minimum absolute atomic E-state index is 0.00236. The van der Waals surface area contributed by atoms with Crippen LogP contribution < -0.4 is 10.9 Å². The Bertz CT molecular complexity index is 619. The zero-order chi connectivity index (χ0) is 16.1. The molecule has 0 fully saturated rings. The number of nitrogens with one attached hydrogen (secondary N) is 2. The molecule has 1 amide bonds. The second-order valence-corrected chi connectivity index (χ2v) is 6.05. The van der Waals surface area contributed by atoms with Crippen LogP contribution in [0, 0.1) is 0 Å². The number of fused-ring (bicyclic) bond motifs is 1. The molecule has 1 aliphatic rings. The number of rotatable bonds is 6. The van der Waals surface area contributed by atoms with Gasteiger partial charge in [0.05, 0.1) is 0 Å². The predicted molar refractivity (Wildman–Crippen MR) is 85.4 cm³/mol. The van der Waals surface area contributed by atoms with Crippen LogP contribution in [-0.4, -0.2) is 22.7 Å². The van der Waals surface area contributed by atoms with Gasteiger partial charge in [0.1, 0.15) is 5.56 Å². The summed E-state index contributed by atoms with van der Waals surface area (Å²) in [5, 5.41) is 2.85. The first-order valence-electron chi connectivity index (χ1n) is 8.13. The molecule has 2 rings (SSSR count). The highest BCUT2D eigenvalue weighted by molar-refractivity contribution is 6.01. The highest BCUT2D eigenvalue weighted by Crippen LogP contribution is 2.18. The van der Waals surface area contributed by atoms with Gasteiger partial charge >= 0.3 is 0 Å². The fraction of sp³-hybridized carbons (Fsp3) is 0.588. The van der Waals surface area contributed by atoms with Crippen molar-refractivity contribution in [2.75, 3.05) is 0 Å². The van der Waals surface area contributed by atoms with Gasteiger partial charge in [0.15, 0.2) is 5.78 Å². The van der Waals surface area contributed by atoms with Crippen LogP contribution in [0.15, 0.2) is 10.9 Å². The average molecular weight is 304 g/mol. The number of carbonyl (C=O) groups is 2. The first-order valence-corrected chi connectivity index (χ1v) is 8.13. The molecule has 0 saturated carbocycles. The Morgan fingerprint density at radius 2 is 2.09 bits per heavy atom. The van der Waals surface area contributed by atoms with Gasteiger partial charge in [0.2, 0.25) is 0 Å². The molecule has 0 unspecified atom stereocenters. The van der Waals surface area contributed by atoms with E-state index in [9.17, 15) is 14.4 Å². The zero-order valence-corrected chi connectivity index (χ0v) is 13.3. The molecule has 2 N–H and O–H groups in total. The lowest BCUT2D eigenvalue weighted by Crippen LogP contribution is -2.36. The molecular weight excluding hydrogens is 280 g/mol. The van der Waals surface area contributed by atoms with Crippen LogP contribution in [0.1, 0.15) is 78.8 Å². The molecule has 0 saturated heterocycles. The first-order chi connectivity index (χ1) is 10.5. The fourth-order valence-corrected chi connectivity index (χ4v) is 2.82. The summed E-state index contributed by atoms with van der Waals surface area (Å²) < 4.78 is 0. The van der Waals surface area contributed by atoms with Gasteiger partial charge in [-0.1, -0.05) is 26.2 Å². The SMILES string of the molecule is CCCCC[C@H](C)NC(=O)c1cc2c([nH]c1=O)CCCC2=O. The zero-order valence-electron chi connectivity index (χ0n) is 13.3. The maximum atomic E-state index is 12.3. The van der Waals surface area contributed by atoms with Gasteiger partial charge < -0.3 is 10.3 Å². The lowest BCUT2D eigenvalue weighted by Gasteiger charge is -2.16. The number of aryl methyl sites for hydroxylation is 1. The molecule has 5 nitrogen and oxygen atoms in total. The number of aromatic amines is 1. The number of aromatic nitrogens is 1. The van der Waals surface area contributed by atoms with Crippen LogP contribution in [-0.2, 0) is 6.42 Å². The number of H-pyrrole nitrogens is 1. The Balaban J connectivity index is 2.11. The minimum Gasteiger partial charge on any atom is -0.349 e. The lowest BCUT2D eigenvalue weighted by atomic mass is 9.93. The smallest absolute Gasteiger partial charge is 0.261 e. The van der Waals surface area contributed by atoms with E-state index in [0.717, 1.165) is 32.1 Å². The van der Waals surface area contributed by atoms with Crippen molar-refractivity contribution in [2.24, 2.45) is 0 Å². The monoisotopic (exact) mass is 304 g/mol. The summed E-state index contributed by atoms with van der Waals surface area (Å²) in [7, 11) is 0. The molecule has 1 heterocycles. The Kier molecular flexibility index (Phi) is 5.52. The summed E-state index contributed by atoms with van der Waals surface area (Å²) in [4.78, 5) is 38.9. The predicted octanol–water partition coefficient (Wildman–Crippen LogP) is 2.59. The molecule has 1 aliphatic carbocycles. The van der Waals surface area contributed by atoms with Gasteiger partial charge in [-0.15, -0.1) is 0 Å². The maximum Gasteiger partial charge on any atom is 0.261 e. The number of Topliss-reactive ketones (excluding diaryl/α,β-unsaturated/α-hetero) is 1. The van der Waals surface area contributed by atoms with Crippen LogP contribution in [0.3, 0.4) is 0 Å². The number of ketones is 1. The van der Waals surface area contributed by atoms with Gasteiger partial charge in [-0.2, -0.15) is 0 Å². The Hall–Kier alpha value is -1.91. The molecule has 0 spiro atoms. The summed E-state index contributed by atoms with van der Waals surface area (Å²) in [5.74, 6) is -0.394. The van der Waals surface area contributed by atoms with Gasteiger partial charge in [-0.3, -0.25) is 14.4 Å². The van der Waals surface area contributed by atoms with Crippen LogP contribution in [0.2, 0.25) is 0 Å². The van der Waals surface area contributed by atoms with E-state index < -0.39 is 11.5 Å². The normalized spacial score (nSPS) is 15.3. The molecule has 22 heavy (non-hydrogen) atoms. The van der Waals surface area contributed by atoms with Crippen molar-refractivity contribution in [3.63, 3.8) is 0 Å². The third kappa shape index (κ3) is 3.84. The molecule has 0 aliphatic heterocycles. The molecule has 1 aromatic heterocycles. The summed E-state index contributed by atoms with van der Waals surface area (Å²) in [6.07, 6.45) is 6.13. The van der Waals surface area contributed by atoms with E-state index in [1.807, 2.05) is 6.92 Å². The van der Waals surface area contributed by atoms with Crippen molar-refractivity contribution in [1.29, 1.82) is 0 Å². The van der Waals surface area contributed by atoms with Crippen molar-refractivity contribution < 1.29 is 9.59 Å². The van der Waals surface area contributed by atoms with E-state index in [4.69, 9.17) is 0 Å². The van der Waals surface area contributed by atoms with Crippen molar-refractivity contribution in [3.8, 4) is 0 Å². The number of amides is 1. The minimum atomic E-state index is -0.410. The van der Waals surface area contributed by atoms with E-state index in [1.165, 1.54) is 6.07 Å². The van der Waals surface area contributed by atoms with E-state index in [1.54, 1.807) is 0 Å². The standard InChI is InChI=1S/C17H24N2O3/c1-3-4-5-7-11(2)18-16(21)13-10-12-14(19-17(13)22)8-6-9-15(12)20/h10-11H,3-9H2,1-2H3,(H,18,21)(H,19,22)/t11-/m0/s1. The van der Waals surface area contributed by atoms with Crippen molar-refractivity contribution in [3.05, 3.63) is 33.2 Å². The Morgan fingerprint density at radius 3 is 2.82 bits per heavy atom. The van der Waals surface area contributed by atoms with E-state index in [-0.39, 0.29) is 17.4 Å².